The fourth-order valence-electron chi connectivity index (χ4n) is 4.37. The van der Waals surface area contributed by atoms with Crippen LogP contribution in [0.2, 0.25) is 0 Å². The van der Waals surface area contributed by atoms with Gasteiger partial charge in [-0.3, -0.25) is 4.79 Å². The summed E-state index contributed by atoms with van der Waals surface area (Å²) in [7, 11) is 0. The van der Waals surface area contributed by atoms with Gasteiger partial charge >= 0.3 is 0 Å². The van der Waals surface area contributed by atoms with Gasteiger partial charge in [0.15, 0.2) is 0 Å². The molecule has 0 aliphatic heterocycles. The van der Waals surface area contributed by atoms with E-state index in [-0.39, 0.29) is 17.7 Å². The third-order valence-electron chi connectivity index (χ3n) is 6.03. The lowest BCUT2D eigenvalue weighted by Gasteiger charge is -2.29. The van der Waals surface area contributed by atoms with Crippen LogP contribution in [0, 0.1) is 5.92 Å². The maximum Gasteiger partial charge on any atom is 0.224 e. The van der Waals surface area contributed by atoms with Crippen LogP contribution in [-0.4, -0.2) is 25.7 Å². The molecule has 1 amide bonds. The third kappa shape index (κ3) is 4.51. The van der Waals surface area contributed by atoms with Crippen LogP contribution in [0.4, 0.5) is 0 Å². The summed E-state index contributed by atoms with van der Waals surface area (Å²) in [5, 5.41) is 8.42. The van der Waals surface area contributed by atoms with Gasteiger partial charge in [0.25, 0.3) is 0 Å². The van der Waals surface area contributed by atoms with E-state index in [4.69, 9.17) is 4.98 Å². The van der Waals surface area contributed by atoms with E-state index >= 15 is 0 Å². The van der Waals surface area contributed by atoms with Crippen molar-refractivity contribution in [3.8, 4) is 0 Å². The van der Waals surface area contributed by atoms with Gasteiger partial charge in [-0.1, -0.05) is 49.2 Å². The maximum atomic E-state index is 13.1. The second-order valence-corrected chi connectivity index (χ2v) is 9.21. The molecule has 0 unspecified atom stereocenters. The zero-order valence-corrected chi connectivity index (χ0v) is 18.1. The molecule has 5 rings (SSSR count). The van der Waals surface area contributed by atoms with Crippen molar-refractivity contribution in [1.82, 2.24) is 25.1 Å². The highest BCUT2D eigenvalue weighted by atomic mass is 32.1. The monoisotopic (exact) mass is 431 g/mol. The molecule has 0 spiro atoms. The van der Waals surface area contributed by atoms with Gasteiger partial charge in [-0.2, -0.15) is 5.10 Å². The van der Waals surface area contributed by atoms with Crippen LogP contribution in [0.3, 0.4) is 0 Å². The van der Waals surface area contributed by atoms with Crippen molar-refractivity contribution in [3.05, 3.63) is 77.3 Å². The summed E-state index contributed by atoms with van der Waals surface area (Å²) in [5.41, 5.74) is 3.30. The second-order valence-electron chi connectivity index (χ2n) is 8.14. The summed E-state index contributed by atoms with van der Waals surface area (Å²) in [4.78, 5) is 21.9. The molecule has 1 aliphatic rings. The number of aromatic nitrogens is 4. The summed E-state index contributed by atoms with van der Waals surface area (Å²) in [6, 6.07) is 16.5. The van der Waals surface area contributed by atoms with E-state index in [2.05, 4.69) is 51.8 Å². The van der Waals surface area contributed by atoms with E-state index in [1.807, 2.05) is 12.1 Å². The molecule has 31 heavy (non-hydrogen) atoms. The summed E-state index contributed by atoms with van der Waals surface area (Å²) in [6.45, 7) is 1.24. The van der Waals surface area contributed by atoms with Crippen molar-refractivity contribution in [2.24, 2.45) is 5.92 Å². The highest BCUT2D eigenvalue weighted by Crippen LogP contribution is 2.40. The number of carbonyl (C=O) groups excluding carboxylic acids is 1. The Kier molecular flexibility index (Phi) is 5.76. The molecule has 6 nitrogen and oxygen atoms in total. The van der Waals surface area contributed by atoms with Crippen molar-refractivity contribution in [2.75, 3.05) is 0 Å². The Balaban J connectivity index is 1.23. The van der Waals surface area contributed by atoms with Crippen LogP contribution in [0.25, 0.3) is 10.2 Å². The molecule has 0 bridgehead atoms. The molecule has 1 N–H and O–H groups in total. The smallest absolute Gasteiger partial charge is 0.224 e. The molecule has 7 heteroatoms. The van der Waals surface area contributed by atoms with Gasteiger partial charge in [0.05, 0.1) is 21.8 Å². The number of nitrogens with one attached hydrogen (secondary N) is 1. The predicted octanol–water partition coefficient (Wildman–Crippen LogP) is 4.53. The first-order valence-electron chi connectivity index (χ1n) is 10.8. The highest BCUT2D eigenvalue weighted by molar-refractivity contribution is 7.18. The van der Waals surface area contributed by atoms with Crippen LogP contribution < -0.4 is 5.32 Å². The average Bonchev–Trinajstić information content (AvgIpc) is 3.48. The first kappa shape index (κ1) is 19.9. The average molecular weight is 432 g/mol. The van der Waals surface area contributed by atoms with E-state index < -0.39 is 0 Å². The van der Waals surface area contributed by atoms with E-state index in [0.29, 0.717) is 13.1 Å². The van der Waals surface area contributed by atoms with Gasteiger partial charge in [-0.15, -0.1) is 11.3 Å². The van der Waals surface area contributed by atoms with Crippen molar-refractivity contribution in [2.45, 2.75) is 44.7 Å². The van der Waals surface area contributed by atoms with Crippen molar-refractivity contribution in [1.29, 1.82) is 0 Å². The molecule has 2 heterocycles. The second kappa shape index (κ2) is 8.98. The third-order valence-corrected chi connectivity index (χ3v) is 7.20. The number of para-hydroxylation sites is 1. The number of hydrogen-bond donors (Lipinski definition) is 1. The number of carbonyl (C=O) groups is 1. The molecule has 158 valence electrons. The molecular weight excluding hydrogens is 406 g/mol. The number of benzene rings is 2. The quantitative estimate of drug-likeness (QED) is 0.487. The Morgan fingerprint density at radius 3 is 2.68 bits per heavy atom. The molecule has 2 atom stereocenters. The van der Waals surface area contributed by atoms with E-state index in [1.165, 1.54) is 11.0 Å². The molecule has 2 aromatic heterocycles. The fourth-order valence-corrected chi connectivity index (χ4v) is 5.54. The van der Waals surface area contributed by atoms with Crippen molar-refractivity contribution in [3.63, 3.8) is 0 Å². The normalized spacial score (nSPS) is 18.8. The van der Waals surface area contributed by atoms with Gasteiger partial charge < -0.3 is 5.32 Å². The zero-order valence-electron chi connectivity index (χ0n) is 17.3. The number of fused-ring (bicyclic) bond motifs is 1. The Labute approximate surface area is 185 Å². The molecule has 1 aliphatic carbocycles. The minimum absolute atomic E-state index is 0.000834. The van der Waals surface area contributed by atoms with E-state index in [0.717, 1.165) is 47.3 Å². The highest BCUT2D eigenvalue weighted by Gasteiger charge is 2.33. The molecular formula is C24H25N5OS. The summed E-state index contributed by atoms with van der Waals surface area (Å²) >= 11 is 1.74. The van der Waals surface area contributed by atoms with Crippen LogP contribution in [0.1, 0.15) is 47.7 Å². The van der Waals surface area contributed by atoms with Gasteiger partial charge in [0, 0.05) is 18.4 Å². The van der Waals surface area contributed by atoms with Gasteiger partial charge in [-0.25, -0.2) is 14.6 Å². The summed E-state index contributed by atoms with van der Waals surface area (Å²) < 4.78 is 3.00. The topological polar surface area (TPSA) is 72.7 Å². The minimum atomic E-state index is 0.000834. The Bertz CT molecular complexity index is 1120. The van der Waals surface area contributed by atoms with E-state index in [9.17, 15) is 4.79 Å². The zero-order chi connectivity index (χ0) is 21.0. The van der Waals surface area contributed by atoms with Gasteiger partial charge in [0.2, 0.25) is 5.91 Å². The van der Waals surface area contributed by atoms with Crippen molar-refractivity contribution < 1.29 is 4.79 Å². The molecule has 0 saturated heterocycles. The minimum Gasteiger partial charge on any atom is -0.352 e. The predicted molar refractivity (Wildman–Crippen MR) is 122 cm³/mol. The van der Waals surface area contributed by atoms with Crippen LogP contribution in [0.5, 0.6) is 0 Å². The lowest BCUT2D eigenvalue weighted by Crippen LogP contribution is -2.35. The molecule has 4 aromatic rings. The largest absolute Gasteiger partial charge is 0.352 e. The first-order valence-corrected chi connectivity index (χ1v) is 11.6. The lowest BCUT2D eigenvalue weighted by molar-refractivity contribution is -0.126. The van der Waals surface area contributed by atoms with Gasteiger partial charge in [0.1, 0.15) is 12.7 Å². The number of rotatable bonds is 6. The Hall–Kier alpha value is -3.06. The lowest BCUT2D eigenvalue weighted by atomic mass is 9.79. The summed E-state index contributed by atoms with van der Waals surface area (Å²) in [5.74, 6) is 0.368. The summed E-state index contributed by atoms with van der Waals surface area (Å²) in [6.07, 6.45) is 7.49. The van der Waals surface area contributed by atoms with E-state index in [1.54, 1.807) is 22.3 Å². The Morgan fingerprint density at radius 1 is 1.06 bits per heavy atom. The maximum absolute atomic E-state index is 13.1. The SMILES string of the molecule is O=C(NCc1ccc(Cn2cncn2)cc1)[C@@H]1CCCC[C@H]1c1nc2ccccc2s1. The number of hydrogen-bond acceptors (Lipinski definition) is 5. The van der Waals surface area contributed by atoms with Crippen LogP contribution >= 0.6 is 11.3 Å². The Morgan fingerprint density at radius 2 is 1.87 bits per heavy atom. The van der Waals surface area contributed by atoms with Crippen LogP contribution in [-0.2, 0) is 17.9 Å². The fraction of sp³-hybridized carbons (Fsp3) is 0.333. The van der Waals surface area contributed by atoms with Gasteiger partial charge in [-0.05, 0) is 36.1 Å². The number of amides is 1. The first-order chi connectivity index (χ1) is 15.3. The molecule has 0 radical (unpaired) electrons. The van der Waals surface area contributed by atoms with Crippen LogP contribution in [0.15, 0.2) is 61.2 Å². The molecule has 1 saturated carbocycles. The standard InChI is InChI=1S/C24H25N5OS/c30-23(26-13-17-9-11-18(12-10-17)14-29-16-25-15-27-29)19-5-1-2-6-20(19)24-28-21-7-3-4-8-22(21)31-24/h3-4,7-12,15-16,19-20H,1-2,5-6,13-14H2,(H,26,30)/t19-,20-/m1/s1. The molecule has 1 fully saturated rings. The van der Waals surface area contributed by atoms with Crippen molar-refractivity contribution >= 4 is 27.5 Å². The number of thiazole rings is 1. The molecule has 2 aromatic carbocycles. The number of nitrogens with zero attached hydrogens (tertiary/aromatic N) is 4.